The molecular weight excluding hydrogens is 212 g/mol. The Labute approximate surface area is 104 Å². The van der Waals surface area contributed by atoms with Crippen molar-refractivity contribution in [1.82, 2.24) is 10.2 Å². The molecule has 0 aromatic carbocycles. The molecule has 1 saturated carbocycles. The van der Waals surface area contributed by atoms with Crippen LogP contribution in [0.1, 0.15) is 51.4 Å². The largest absolute Gasteiger partial charge is 0.338 e. The number of piperidine rings is 1. The summed E-state index contributed by atoms with van der Waals surface area (Å²) in [5, 5.41) is 3.36. The van der Waals surface area contributed by atoms with Crippen molar-refractivity contribution in [3.8, 4) is 0 Å². The van der Waals surface area contributed by atoms with Gasteiger partial charge in [0.1, 0.15) is 0 Å². The Morgan fingerprint density at radius 1 is 1.00 bits per heavy atom. The summed E-state index contributed by atoms with van der Waals surface area (Å²) in [5.41, 5.74) is 0. The fourth-order valence-corrected chi connectivity index (χ4v) is 3.99. The summed E-state index contributed by atoms with van der Waals surface area (Å²) in [6.45, 7) is 2.04. The minimum absolute atomic E-state index is 0.135. The molecule has 3 rings (SSSR count). The van der Waals surface area contributed by atoms with E-state index in [2.05, 4.69) is 10.2 Å². The maximum Gasteiger partial charge on any atom is 0.239 e. The van der Waals surface area contributed by atoms with E-state index in [1.165, 1.54) is 44.9 Å². The average molecular weight is 236 g/mol. The number of rotatable bonds is 1. The minimum atomic E-state index is 0.135. The van der Waals surface area contributed by atoms with Crippen molar-refractivity contribution in [3.05, 3.63) is 0 Å². The van der Waals surface area contributed by atoms with Gasteiger partial charge in [-0.05, 0) is 51.0 Å². The number of fused-ring (bicyclic) bond motifs is 1. The van der Waals surface area contributed by atoms with Crippen LogP contribution in [0.15, 0.2) is 0 Å². The van der Waals surface area contributed by atoms with Crippen molar-refractivity contribution in [3.63, 3.8) is 0 Å². The first-order valence-corrected chi connectivity index (χ1v) is 7.40. The number of amides is 1. The highest BCUT2D eigenvalue weighted by Gasteiger charge is 2.38. The summed E-state index contributed by atoms with van der Waals surface area (Å²) >= 11 is 0. The monoisotopic (exact) mass is 236 g/mol. The molecule has 0 aromatic rings. The molecule has 1 aliphatic carbocycles. The second kappa shape index (κ2) is 4.97. The quantitative estimate of drug-likeness (QED) is 0.754. The number of carbonyl (C=O) groups is 1. The van der Waals surface area contributed by atoms with Gasteiger partial charge in [0.15, 0.2) is 0 Å². The summed E-state index contributed by atoms with van der Waals surface area (Å²) in [6.07, 6.45) is 10.1. The van der Waals surface area contributed by atoms with E-state index in [9.17, 15) is 4.79 Å². The van der Waals surface area contributed by atoms with E-state index in [-0.39, 0.29) is 6.04 Å². The van der Waals surface area contributed by atoms with Gasteiger partial charge in [-0.15, -0.1) is 0 Å². The molecule has 3 nitrogen and oxygen atoms in total. The molecule has 1 amide bonds. The standard InChI is InChI=1S/C14H24N2O/c17-14(12-7-3-9-15-12)16-10-4-6-11-5-1-2-8-13(11)16/h11-13,15H,1-10H2/t11?,12-,13?/m1/s1. The van der Waals surface area contributed by atoms with E-state index < -0.39 is 0 Å². The van der Waals surface area contributed by atoms with E-state index in [4.69, 9.17) is 0 Å². The van der Waals surface area contributed by atoms with E-state index in [1.54, 1.807) is 0 Å². The third-order valence-corrected chi connectivity index (χ3v) is 4.88. The molecular formula is C14H24N2O. The van der Waals surface area contributed by atoms with E-state index in [0.717, 1.165) is 25.4 Å². The zero-order valence-electron chi connectivity index (χ0n) is 10.7. The SMILES string of the molecule is O=C([C@H]1CCCN1)N1CCCC2CCCCC21. The molecule has 17 heavy (non-hydrogen) atoms. The predicted molar refractivity (Wildman–Crippen MR) is 67.7 cm³/mol. The second-order valence-corrected chi connectivity index (χ2v) is 5.93. The fourth-order valence-electron chi connectivity index (χ4n) is 3.99. The van der Waals surface area contributed by atoms with Gasteiger partial charge in [0.2, 0.25) is 5.91 Å². The molecule has 1 N–H and O–H groups in total. The second-order valence-electron chi connectivity index (χ2n) is 5.93. The highest BCUT2D eigenvalue weighted by molar-refractivity contribution is 5.82. The molecule has 0 aromatic heterocycles. The van der Waals surface area contributed by atoms with Crippen LogP contribution in [-0.4, -0.2) is 36.0 Å². The summed E-state index contributed by atoms with van der Waals surface area (Å²) in [5.74, 6) is 1.21. The summed E-state index contributed by atoms with van der Waals surface area (Å²) < 4.78 is 0. The van der Waals surface area contributed by atoms with Crippen molar-refractivity contribution in [2.24, 2.45) is 5.92 Å². The molecule has 96 valence electrons. The third kappa shape index (κ3) is 2.22. The lowest BCUT2D eigenvalue weighted by Gasteiger charge is -2.45. The first kappa shape index (κ1) is 11.5. The number of nitrogens with zero attached hydrogens (tertiary/aromatic N) is 1. The van der Waals surface area contributed by atoms with Gasteiger partial charge in [0.05, 0.1) is 6.04 Å². The van der Waals surface area contributed by atoms with Gasteiger partial charge in [-0.1, -0.05) is 12.8 Å². The van der Waals surface area contributed by atoms with Crippen LogP contribution in [0, 0.1) is 5.92 Å². The Bertz CT molecular complexity index is 284. The molecule has 0 spiro atoms. The Kier molecular flexibility index (Phi) is 3.37. The van der Waals surface area contributed by atoms with Gasteiger partial charge in [-0.3, -0.25) is 4.79 Å². The normalized spacial score (nSPS) is 37.9. The molecule has 3 heteroatoms. The van der Waals surface area contributed by atoms with E-state index in [1.807, 2.05) is 0 Å². The van der Waals surface area contributed by atoms with Gasteiger partial charge in [0, 0.05) is 12.6 Å². The van der Waals surface area contributed by atoms with E-state index in [0.29, 0.717) is 11.9 Å². The van der Waals surface area contributed by atoms with Crippen LogP contribution >= 0.6 is 0 Å². The highest BCUT2D eigenvalue weighted by atomic mass is 16.2. The van der Waals surface area contributed by atoms with Crippen LogP contribution in [-0.2, 0) is 4.79 Å². The zero-order chi connectivity index (χ0) is 11.7. The van der Waals surface area contributed by atoms with Crippen LogP contribution in [0.2, 0.25) is 0 Å². The lowest BCUT2D eigenvalue weighted by Crippen LogP contribution is -2.54. The van der Waals surface area contributed by atoms with Crippen molar-refractivity contribution < 1.29 is 4.79 Å². The summed E-state index contributed by atoms with van der Waals surface area (Å²) in [7, 11) is 0. The van der Waals surface area contributed by atoms with Gasteiger partial charge >= 0.3 is 0 Å². The van der Waals surface area contributed by atoms with Crippen LogP contribution in [0.3, 0.4) is 0 Å². The first-order valence-electron chi connectivity index (χ1n) is 7.40. The molecule has 2 aliphatic heterocycles. The maximum atomic E-state index is 12.5. The van der Waals surface area contributed by atoms with Gasteiger partial charge in [0.25, 0.3) is 0 Å². The molecule has 0 radical (unpaired) electrons. The predicted octanol–water partition coefficient (Wildman–Crippen LogP) is 1.92. The minimum Gasteiger partial charge on any atom is -0.338 e. The van der Waals surface area contributed by atoms with Crippen molar-refractivity contribution in [2.45, 2.75) is 63.5 Å². The fraction of sp³-hybridized carbons (Fsp3) is 0.929. The zero-order valence-corrected chi connectivity index (χ0v) is 10.7. The smallest absolute Gasteiger partial charge is 0.239 e. The molecule has 3 aliphatic rings. The van der Waals surface area contributed by atoms with Gasteiger partial charge in [-0.2, -0.15) is 0 Å². The first-order chi connectivity index (χ1) is 8.36. The topological polar surface area (TPSA) is 32.3 Å². The molecule has 3 fully saturated rings. The van der Waals surface area contributed by atoms with Gasteiger partial charge < -0.3 is 10.2 Å². The van der Waals surface area contributed by atoms with Crippen LogP contribution in [0.4, 0.5) is 0 Å². The van der Waals surface area contributed by atoms with Crippen molar-refractivity contribution in [2.75, 3.05) is 13.1 Å². The van der Waals surface area contributed by atoms with Crippen molar-refractivity contribution in [1.29, 1.82) is 0 Å². The van der Waals surface area contributed by atoms with E-state index >= 15 is 0 Å². The molecule has 2 saturated heterocycles. The number of hydrogen-bond acceptors (Lipinski definition) is 2. The summed E-state index contributed by atoms with van der Waals surface area (Å²) in [4.78, 5) is 14.8. The lowest BCUT2D eigenvalue weighted by atomic mass is 9.78. The summed E-state index contributed by atoms with van der Waals surface area (Å²) in [6, 6.07) is 0.711. The molecule has 0 bridgehead atoms. The Morgan fingerprint density at radius 3 is 2.65 bits per heavy atom. The Balaban J connectivity index is 1.69. The number of hydrogen-bond donors (Lipinski definition) is 1. The highest BCUT2D eigenvalue weighted by Crippen LogP contribution is 2.35. The van der Waals surface area contributed by atoms with Crippen molar-refractivity contribution >= 4 is 5.91 Å². The molecule has 2 heterocycles. The third-order valence-electron chi connectivity index (χ3n) is 4.88. The van der Waals surface area contributed by atoms with Crippen LogP contribution < -0.4 is 5.32 Å². The number of carbonyl (C=O) groups excluding carboxylic acids is 1. The van der Waals surface area contributed by atoms with Gasteiger partial charge in [-0.25, -0.2) is 0 Å². The van der Waals surface area contributed by atoms with Crippen LogP contribution in [0.5, 0.6) is 0 Å². The average Bonchev–Trinajstić information content (AvgIpc) is 2.91. The Hall–Kier alpha value is -0.570. The Morgan fingerprint density at radius 2 is 1.82 bits per heavy atom. The maximum absolute atomic E-state index is 12.5. The number of nitrogens with one attached hydrogen (secondary N) is 1. The van der Waals surface area contributed by atoms with Crippen LogP contribution in [0.25, 0.3) is 0 Å². The lowest BCUT2D eigenvalue weighted by molar-refractivity contribution is -0.139. The molecule has 3 atom stereocenters. The molecule has 2 unspecified atom stereocenters. The number of likely N-dealkylation sites (tertiary alicyclic amines) is 1.